The van der Waals surface area contributed by atoms with Crippen molar-refractivity contribution >= 4 is 46.6 Å². The molecule has 2 heterocycles. The van der Waals surface area contributed by atoms with Gasteiger partial charge in [0.05, 0.1) is 39.3 Å². The monoisotopic (exact) mass is 952 g/mol. The lowest BCUT2D eigenvalue weighted by atomic mass is 9.49. The van der Waals surface area contributed by atoms with E-state index in [9.17, 15) is 24.4 Å². The van der Waals surface area contributed by atoms with Crippen molar-refractivity contribution < 1.29 is 33.4 Å². The van der Waals surface area contributed by atoms with Crippen LogP contribution in [-0.2, 0) is 19.1 Å². The Morgan fingerprint density at radius 2 is 1.61 bits per heavy atom. The van der Waals surface area contributed by atoms with E-state index >= 15 is 0 Å². The molecule has 0 spiro atoms. The minimum Gasteiger partial charge on any atom is -0.494 e. The van der Waals surface area contributed by atoms with E-state index in [2.05, 4.69) is 54.7 Å². The van der Waals surface area contributed by atoms with Crippen molar-refractivity contribution in [3.05, 3.63) is 99.6 Å². The first kappa shape index (κ1) is 50.9. The summed E-state index contributed by atoms with van der Waals surface area (Å²) in [6, 6.07) is 20.4. The Bertz CT molecular complexity index is 2410. The van der Waals surface area contributed by atoms with Crippen LogP contribution in [0, 0.1) is 34.5 Å². The fourth-order valence-corrected chi connectivity index (χ4v) is 10.6. The van der Waals surface area contributed by atoms with Crippen molar-refractivity contribution in [3.63, 3.8) is 0 Å². The molecular weight excluding hydrogens is 888 g/mol. The molecule has 4 amide bonds. The van der Waals surface area contributed by atoms with Gasteiger partial charge in [0, 0.05) is 41.7 Å². The number of unbranched alkanes of at least 4 members (excludes halogenated alkanes) is 2. The number of likely N-dealkylation sites (tertiary alicyclic amines) is 1. The highest BCUT2D eigenvalue weighted by molar-refractivity contribution is 7.13. The van der Waals surface area contributed by atoms with Crippen LogP contribution >= 0.6 is 22.9 Å². The number of thiazole rings is 1. The summed E-state index contributed by atoms with van der Waals surface area (Å²) in [4.78, 5) is 61.1. The zero-order chi connectivity index (χ0) is 48.7. The number of aromatic nitrogens is 1. The predicted molar refractivity (Wildman–Crippen MR) is 261 cm³/mol. The zero-order valence-electron chi connectivity index (χ0n) is 40.2. The van der Waals surface area contributed by atoms with E-state index in [1.807, 2.05) is 64.4 Å². The number of amides is 4. The van der Waals surface area contributed by atoms with Crippen LogP contribution in [0.25, 0.3) is 10.4 Å². The fraction of sp³-hybridized carbons (Fsp3) is 0.500. The molecule has 1 saturated heterocycles. The Labute approximate surface area is 404 Å². The molecular formula is C52H65ClN6O7S. The van der Waals surface area contributed by atoms with Gasteiger partial charge < -0.3 is 35.1 Å². The maximum atomic E-state index is 14.0. The van der Waals surface area contributed by atoms with Crippen LogP contribution in [0.3, 0.4) is 0 Å². The van der Waals surface area contributed by atoms with Gasteiger partial charge in [-0.05, 0) is 98.9 Å². The molecule has 358 valence electrons. The van der Waals surface area contributed by atoms with Gasteiger partial charge >= 0.3 is 0 Å². The summed E-state index contributed by atoms with van der Waals surface area (Å²) in [7, 11) is 0. The Morgan fingerprint density at radius 3 is 2.24 bits per heavy atom. The fourth-order valence-electron chi connectivity index (χ4n) is 9.57. The van der Waals surface area contributed by atoms with Gasteiger partial charge in [-0.2, -0.15) is 5.26 Å². The average Bonchev–Trinajstić information content (AvgIpc) is 3.96. The number of rotatable bonds is 19. The molecule has 3 N–H and O–H groups in total. The number of nitrogens with zero attached hydrogens (tertiary/aromatic N) is 3. The SMILES string of the molecule is Cc1ncsc1-c1ccc([C@H](C)NC(=O)[C@@H]2CCCN2C(=O)[C@@H](NC(=O)COCCCCCOc2ccc(C(=O)N[C@H]3C(C)(C)[C@H](Oc4ccc(C#N)c(Cl)c4)C3(C)C)cc2)C(C)(C)C)cc1. The van der Waals surface area contributed by atoms with E-state index in [1.54, 1.807) is 58.7 Å². The van der Waals surface area contributed by atoms with Crippen molar-refractivity contribution in [2.45, 2.75) is 125 Å². The van der Waals surface area contributed by atoms with E-state index in [0.717, 1.165) is 41.0 Å². The number of halogens is 1. The van der Waals surface area contributed by atoms with Crippen molar-refractivity contribution in [1.29, 1.82) is 5.26 Å². The molecule has 2 aliphatic rings. The molecule has 13 nitrogen and oxygen atoms in total. The molecule has 1 saturated carbocycles. The molecule has 1 aliphatic carbocycles. The van der Waals surface area contributed by atoms with E-state index in [0.29, 0.717) is 60.2 Å². The van der Waals surface area contributed by atoms with Gasteiger partial charge in [-0.3, -0.25) is 19.2 Å². The Kier molecular flexibility index (Phi) is 16.4. The standard InChI is InChI=1S/C52H65ClN6O7S/c1-32(34-15-17-35(18-16-34)43-33(2)55-31-67-43)56-46(62)41-14-13-25-59(41)47(63)44(50(3,4)5)57-42(60)30-64-26-11-10-12-27-65-38-22-19-36(20-23-38)45(61)58-48-51(6,7)49(52(48,8)9)66-39-24-21-37(29-54)40(53)28-39/h15-24,28,31-32,41,44,48-49H,10-14,25-27,30H2,1-9H3,(H,56,62)(H,57,60)(H,58,61)/t32-,41-,44+,48-,49-/m0/s1. The molecule has 3 aromatic carbocycles. The molecule has 67 heavy (non-hydrogen) atoms. The van der Waals surface area contributed by atoms with Crippen LogP contribution in [0.4, 0.5) is 0 Å². The third-order valence-electron chi connectivity index (χ3n) is 13.0. The van der Waals surface area contributed by atoms with Gasteiger partial charge in [0.25, 0.3) is 5.91 Å². The lowest BCUT2D eigenvalue weighted by molar-refractivity contribution is -0.164. The third kappa shape index (κ3) is 12.2. The van der Waals surface area contributed by atoms with E-state index in [1.165, 1.54) is 0 Å². The summed E-state index contributed by atoms with van der Waals surface area (Å²) in [5.41, 5.74) is 4.40. The van der Waals surface area contributed by atoms with Crippen molar-refractivity contribution in [1.82, 2.24) is 25.8 Å². The third-order valence-corrected chi connectivity index (χ3v) is 14.3. The van der Waals surface area contributed by atoms with E-state index < -0.39 is 17.5 Å². The minimum absolute atomic E-state index is 0.162. The Hall–Kier alpha value is -5.49. The summed E-state index contributed by atoms with van der Waals surface area (Å²) in [6.45, 7) is 19.0. The Balaban J connectivity index is 0.876. The second-order valence-electron chi connectivity index (χ2n) is 20.0. The van der Waals surface area contributed by atoms with Crippen LogP contribution in [0.1, 0.15) is 121 Å². The van der Waals surface area contributed by atoms with E-state index in [4.69, 9.17) is 25.8 Å². The van der Waals surface area contributed by atoms with Crippen LogP contribution in [0.5, 0.6) is 11.5 Å². The van der Waals surface area contributed by atoms with E-state index in [-0.39, 0.29) is 59.3 Å². The number of nitrogens with one attached hydrogen (secondary N) is 3. The first-order valence-corrected chi connectivity index (χ1v) is 24.4. The lowest BCUT2D eigenvalue weighted by Crippen LogP contribution is -2.74. The predicted octanol–water partition coefficient (Wildman–Crippen LogP) is 9.22. The molecule has 2 fully saturated rings. The van der Waals surface area contributed by atoms with Crippen molar-refractivity contribution in [3.8, 4) is 28.0 Å². The summed E-state index contributed by atoms with van der Waals surface area (Å²) in [5.74, 6) is 0.185. The number of benzene rings is 3. The lowest BCUT2D eigenvalue weighted by Gasteiger charge is -2.63. The second kappa shape index (κ2) is 21.6. The highest BCUT2D eigenvalue weighted by atomic mass is 35.5. The summed E-state index contributed by atoms with van der Waals surface area (Å²) in [5, 5.41) is 18.8. The van der Waals surface area contributed by atoms with Crippen LogP contribution < -0.4 is 25.4 Å². The molecule has 0 bridgehead atoms. The molecule has 0 unspecified atom stereocenters. The smallest absolute Gasteiger partial charge is 0.251 e. The number of carbonyl (C=O) groups is 4. The summed E-state index contributed by atoms with van der Waals surface area (Å²) in [6.07, 6.45) is 3.34. The number of hydrogen-bond acceptors (Lipinski definition) is 10. The molecule has 6 rings (SSSR count). The Morgan fingerprint density at radius 1 is 0.940 bits per heavy atom. The maximum absolute atomic E-state index is 14.0. The van der Waals surface area contributed by atoms with Crippen molar-refractivity contribution in [2.75, 3.05) is 26.4 Å². The molecule has 1 aliphatic heterocycles. The van der Waals surface area contributed by atoms with Crippen LogP contribution in [0.15, 0.2) is 72.2 Å². The van der Waals surface area contributed by atoms with Crippen LogP contribution in [-0.4, -0.2) is 84.1 Å². The molecule has 1 aromatic heterocycles. The van der Waals surface area contributed by atoms with Gasteiger partial charge in [-0.1, -0.05) is 84.3 Å². The minimum atomic E-state index is -0.838. The molecule has 3 atom stereocenters. The number of ether oxygens (including phenoxy) is 3. The zero-order valence-corrected chi connectivity index (χ0v) is 41.7. The topological polar surface area (TPSA) is 172 Å². The second-order valence-corrected chi connectivity index (χ2v) is 21.2. The van der Waals surface area contributed by atoms with Gasteiger partial charge in [0.2, 0.25) is 17.7 Å². The number of aryl methyl sites for hydroxylation is 1. The number of hydrogen-bond donors (Lipinski definition) is 3. The normalized spacial score (nSPS) is 19.3. The first-order chi connectivity index (χ1) is 31.7. The highest BCUT2D eigenvalue weighted by Crippen LogP contribution is 2.55. The van der Waals surface area contributed by atoms with Gasteiger partial charge in [0.15, 0.2) is 0 Å². The average molecular weight is 954 g/mol. The summed E-state index contributed by atoms with van der Waals surface area (Å²) < 4.78 is 18.0. The number of nitriles is 1. The quantitative estimate of drug-likeness (QED) is 0.0775. The highest BCUT2D eigenvalue weighted by Gasteiger charge is 2.64. The molecule has 0 radical (unpaired) electrons. The van der Waals surface area contributed by atoms with Gasteiger partial charge in [-0.15, -0.1) is 11.3 Å². The first-order valence-electron chi connectivity index (χ1n) is 23.1. The maximum Gasteiger partial charge on any atom is 0.251 e. The van der Waals surface area contributed by atoms with Crippen LogP contribution in [0.2, 0.25) is 5.02 Å². The van der Waals surface area contributed by atoms with Gasteiger partial charge in [-0.25, -0.2) is 4.98 Å². The molecule has 4 aromatic rings. The largest absolute Gasteiger partial charge is 0.494 e. The number of carbonyl (C=O) groups excluding carboxylic acids is 4. The van der Waals surface area contributed by atoms with Gasteiger partial charge in [0.1, 0.15) is 42.4 Å². The molecule has 15 heteroatoms. The van der Waals surface area contributed by atoms with Crippen molar-refractivity contribution in [2.24, 2.45) is 16.2 Å². The summed E-state index contributed by atoms with van der Waals surface area (Å²) >= 11 is 7.83.